The number of benzene rings is 1. The van der Waals surface area contributed by atoms with Crippen LogP contribution in [0, 0.1) is 6.92 Å². The fourth-order valence-electron chi connectivity index (χ4n) is 1.94. The lowest BCUT2D eigenvalue weighted by Gasteiger charge is -2.30. The van der Waals surface area contributed by atoms with Crippen LogP contribution in [0.2, 0.25) is 0 Å². The second kappa shape index (κ2) is 2.35. The number of hydrogen-bond donors (Lipinski definition) is 1. The minimum atomic E-state index is 0.645. The highest BCUT2D eigenvalue weighted by atomic mass is 14.6. The minimum absolute atomic E-state index is 0.645. The van der Waals surface area contributed by atoms with Crippen molar-refractivity contribution >= 4 is 0 Å². The van der Waals surface area contributed by atoms with Gasteiger partial charge in [-0.2, -0.15) is 0 Å². The van der Waals surface area contributed by atoms with Gasteiger partial charge in [0.05, 0.1) is 0 Å². The van der Waals surface area contributed by atoms with Gasteiger partial charge >= 0.3 is 0 Å². The van der Waals surface area contributed by atoms with Crippen molar-refractivity contribution in [2.24, 2.45) is 5.73 Å². The van der Waals surface area contributed by atoms with Crippen LogP contribution < -0.4 is 5.73 Å². The van der Waals surface area contributed by atoms with E-state index >= 15 is 0 Å². The molecule has 58 valence electrons. The number of nitrogens with two attached hydrogens (primary N) is 1. The summed E-state index contributed by atoms with van der Waals surface area (Å²) in [5.41, 5.74) is 10.0. The zero-order valence-electron chi connectivity index (χ0n) is 6.80. The van der Waals surface area contributed by atoms with Gasteiger partial charge in [-0.1, -0.05) is 18.2 Å². The Morgan fingerprint density at radius 3 is 3.00 bits per heavy atom. The average molecular weight is 147 g/mol. The topological polar surface area (TPSA) is 26.0 Å². The molecule has 2 N–H and O–H groups in total. The molecule has 1 aliphatic rings. The molecule has 1 aromatic carbocycles. The first-order valence-electron chi connectivity index (χ1n) is 4.11. The fourth-order valence-corrected chi connectivity index (χ4v) is 1.94. The Labute approximate surface area is 67.2 Å². The third-order valence-corrected chi connectivity index (χ3v) is 2.57. The van der Waals surface area contributed by atoms with E-state index in [0.717, 1.165) is 6.54 Å². The van der Waals surface area contributed by atoms with Crippen molar-refractivity contribution in [3.63, 3.8) is 0 Å². The molecule has 0 fully saturated rings. The smallest absolute Gasteiger partial charge is 0.000703 e. The summed E-state index contributed by atoms with van der Waals surface area (Å²) in [4.78, 5) is 0. The summed E-state index contributed by atoms with van der Waals surface area (Å²) in [6.45, 7) is 2.97. The van der Waals surface area contributed by atoms with Crippen molar-refractivity contribution in [1.82, 2.24) is 0 Å². The predicted octanol–water partition coefficient (Wildman–Crippen LogP) is 1.59. The van der Waals surface area contributed by atoms with Crippen molar-refractivity contribution < 1.29 is 0 Å². The van der Waals surface area contributed by atoms with E-state index in [1.54, 1.807) is 0 Å². The first-order valence-corrected chi connectivity index (χ1v) is 4.11. The van der Waals surface area contributed by atoms with Crippen LogP contribution in [-0.2, 0) is 6.42 Å². The normalized spacial score (nSPS) is 20.7. The SMILES string of the molecule is Cc1cccc2c1C(CN)C2. The summed E-state index contributed by atoms with van der Waals surface area (Å²) < 4.78 is 0. The van der Waals surface area contributed by atoms with Gasteiger partial charge in [0, 0.05) is 5.92 Å². The fraction of sp³-hybridized carbons (Fsp3) is 0.400. The van der Waals surface area contributed by atoms with Gasteiger partial charge in [0.15, 0.2) is 0 Å². The van der Waals surface area contributed by atoms with Crippen molar-refractivity contribution in [3.8, 4) is 0 Å². The Morgan fingerprint density at radius 2 is 2.36 bits per heavy atom. The lowest BCUT2D eigenvalue weighted by molar-refractivity contribution is 0.613. The van der Waals surface area contributed by atoms with Crippen molar-refractivity contribution in [3.05, 3.63) is 34.9 Å². The Morgan fingerprint density at radius 1 is 1.55 bits per heavy atom. The molecule has 2 rings (SSSR count). The molecule has 0 radical (unpaired) electrons. The maximum Gasteiger partial charge on any atom is 0.000703 e. The van der Waals surface area contributed by atoms with E-state index in [4.69, 9.17) is 5.73 Å². The molecule has 0 saturated heterocycles. The lowest BCUT2D eigenvalue weighted by atomic mass is 9.75. The van der Waals surface area contributed by atoms with E-state index in [2.05, 4.69) is 25.1 Å². The molecule has 1 atom stereocenters. The molecule has 0 saturated carbocycles. The number of aryl methyl sites for hydroxylation is 1. The van der Waals surface area contributed by atoms with Crippen LogP contribution in [0.3, 0.4) is 0 Å². The molecule has 11 heavy (non-hydrogen) atoms. The highest BCUT2D eigenvalue weighted by molar-refractivity contribution is 5.45. The third-order valence-electron chi connectivity index (χ3n) is 2.57. The summed E-state index contributed by atoms with van der Waals surface area (Å²) in [5.74, 6) is 0.645. The van der Waals surface area contributed by atoms with Crippen LogP contribution in [0.4, 0.5) is 0 Å². The molecule has 0 heterocycles. The first-order chi connectivity index (χ1) is 5.33. The Kier molecular flexibility index (Phi) is 1.46. The second-order valence-corrected chi connectivity index (χ2v) is 3.28. The molecular weight excluding hydrogens is 134 g/mol. The molecular formula is C10H13N. The Balaban J connectivity index is 2.43. The third kappa shape index (κ3) is 0.881. The van der Waals surface area contributed by atoms with E-state index in [-0.39, 0.29) is 0 Å². The summed E-state index contributed by atoms with van der Waals surface area (Å²) in [6, 6.07) is 6.50. The Bertz CT molecular complexity index is 264. The summed E-state index contributed by atoms with van der Waals surface area (Å²) >= 11 is 0. The average Bonchev–Trinajstić information content (AvgIpc) is 1.93. The minimum Gasteiger partial charge on any atom is -0.330 e. The van der Waals surface area contributed by atoms with Gasteiger partial charge in [-0.05, 0) is 36.6 Å². The van der Waals surface area contributed by atoms with Crippen molar-refractivity contribution in [1.29, 1.82) is 0 Å². The van der Waals surface area contributed by atoms with Crippen LogP contribution in [-0.4, -0.2) is 6.54 Å². The zero-order chi connectivity index (χ0) is 7.84. The molecule has 1 aliphatic carbocycles. The molecule has 0 amide bonds. The Hall–Kier alpha value is -0.820. The molecule has 1 unspecified atom stereocenters. The van der Waals surface area contributed by atoms with Crippen LogP contribution in [0.25, 0.3) is 0 Å². The van der Waals surface area contributed by atoms with E-state index < -0.39 is 0 Å². The predicted molar refractivity (Wildman–Crippen MR) is 46.7 cm³/mol. The van der Waals surface area contributed by atoms with E-state index in [1.165, 1.54) is 23.1 Å². The van der Waals surface area contributed by atoms with Crippen LogP contribution in [0.5, 0.6) is 0 Å². The summed E-state index contributed by atoms with van der Waals surface area (Å²) in [5, 5.41) is 0. The van der Waals surface area contributed by atoms with Crippen molar-refractivity contribution in [2.75, 3.05) is 6.54 Å². The maximum absolute atomic E-state index is 5.62. The van der Waals surface area contributed by atoms with Crippen molar-refractivity contribution in [2.45, 2.75) is 19.3 Å². The molecule has 0 aromatic heterocycles. The number of fused-ring (bicyclic) bond motifs is 1. The zero-order valence-corrected chi connectivity index (χ0v) is 6.80. The van der Waals surface area contributed by atoms with Gasteiger partial charge in [-0.25, -0.2) is 0 Å². The highest BCUT2D eigenvalue weighted by Gasteiger charge is 2.25. The maximum atomic E-state index is 5.62. The number of hydrogen-bond acceptors (Lipinski definition) is 1. The monoisotopic (exact) mass is 147 g/mol. The van der Waals surface area contributed by atoms with Crippen LogP contribution in [0.1, 0.15) is 22.6 Å². The van der Waals surface area contributed by atoms with Gasteiger partial charge in [0.1, 0.15) is 0 Å². The standard InChI is InChI=1S/C10H13N/c1-7-3-2-4-8-5-9(6-11)10(7)8/h2-4,9H,5-6,11H2,1H3. The van der Waals surface area contributed by atoms with E-state index in [0.29, 0.717) is 5.92 Å². The van der Waals surface area contributed by atoms with Gasteiger partial charge in [-0.15, -0.1) is 0 Å². The molecule has 1 nitrogen and oxygen atoms in total. The van der Waals surface area contributed by atoms with Gasteiger partial charge in [0.25, 0.3) is 0 Å². The largest absolute Gasteiger partial charge is 0.330 e. The van der Waals surface area contributed by atoms with Gasteiger partial charge in [-0.3, -0.25) is 0 Å². The summed E-state index contributed by atoms with van der Waals surface area (Å²) in [6.07, 6.45) is 1.19. The van der Waals surface area contributed by atoms with Gasteiger partial charge < -0.3 is 5.73 Å². The quantitative estimate of drug-likeness (QED) is 0.641. The second-order valence-electron chi connectivity index (χ2n) is 3.28. The van der Waals surface area contributed by atoms with Crippen LogP contribution >= 0.6 is 0 Å². The first kappa shape index (κ1) is 6.86. The highest BCUT2D eigenvalue weighted by Crippen LogP contribution is 2.36. The molecule has 1 heteroatoms. The summed E-state index contributed by atoms with van der Waals surface area (Å²) in [7, 11) is 0. The van der Waals surface area contributed by atoms with E-state index in [9.17, 15) is 0 Å². The van der Waals surface area contributed by atoms with Crippen LogP contribution in [0.15, 0.2) is 18.2 Å². The van der Waals surface area contributed by atoms with Gasteiger partial charge in [0.2, 0.25) is 0 Å². The molecule has 0 bridgehead atoms. The van der Waals surface area contributed by atoms with E-state index in [1.807, 2.05) is 0 Å². The molecule has 0 spiro atoms. The molecule has 0 aliphatic heterocycles. The molecule has 1 aromatic rings. The lowest BCUT2D eigenvalue weighted by Crippen LogP contribution is -2.25. The number of rotatable bonds is 1.